The van der Waals surface area contributed by atoms with Crippen LogP contribution in [0.25, 0.3) is 0 Å². The zero-order valence-electron chi connectivity index (χ0n) is 12.8. The van der Waals surface area contributed by atoms with Gasteiger partial charge in [-0.1, -0.05) is 39.7 Å². The van der Waals surface area contributed by atoms with Gasteiger partial charge >= 0.3 is 7.12 Å². The Bertz CT molecular complexity index is 372. The largest absolute Gasteiger partial charge is 0.454 e. The maximum Gasteiger partial charge on any atom is 0.454 e. The lowest BCUT2D eigenvalue weighted by Crippen LogP contribution is -2.41. The van der Waals surface area contributed by atoms with Crippen molar-refractivity contribution in [2.24, 2.45) is 0 Å². The van der Waals surface area contributed by atoms with Gasteiger partial charge in [-0.15, -0.1) is 0 Å². The molecule has 2 nitrogen and oxygen atoms in total. The first kappa shape index (κ1) is 16.7. The second-order valence-corrected chi connectivity index (χ2v) is 6.85. The molecule has 1 fully saturated rings. The van der Waals surface area contributed by atoms with Crippen LogP contribution in [0, 0.1) is 0 Å². The number of hydrogen-bond donors (Lipinski definition) is 0. The Morgan fingerprint density at radius 1 is 1.05 bits per heavy atom. The van der Waals surface area contributed by atoms with Gasteiger partial charge in [0, 0.05) is 4.48 Å². The summed E-state index contributed by atoms with van der Waals surface area (Å²) in [7, 11) is -0.0648. The van der Waals surface area contributed by atoms with E-state index in [1.54, 1.807) is 0 Å². The molecule has 0 N–H and O–H groups in total. The molecule has 0 aromatic heterocycles. The maximum absolute atomic E-state index is 5.54. The summed E-state index contributed by atoms with van der Waals surface area (Å²) in [6.45, 7) is 12.2. The van der Waals surface area contributed by atoms with E-state index in [4.69, 9.17) is 9.31 Å². The lowest BCUT2D eigenvalue weighted by atomic mass is 9.90. The molecule has 0 unspecified atom stereocenters. The predicted molar refractivity (Wildman–Crippen MR) is 86.5 cm³/mol. The predicted octanol–water partition coefficient (Wildman–Crippen LogP) is 4.88. The lowest BCUT2D eigenvalue weighted by Gasteiger charge is -2.32. The van der Waals surface area contributed by atoms with E-state index in [1.807, 2.05) is 6.82 Å². The van der Waals surface area contributed by atoms with Crippen molar-refractivity contribution in [1.29, 1.82) is 0 Å². The van der Waals surface area contributed by atoms with Crippen molar-refractivity contribution in [2.75, 3.05) is 0 Å². The first-order valence-electron chi connectivity index (χ1n) is 6.70. The molecule has 0 amide bonds. The molecular weight excluding hydrogens is 303 g/mol. The molecule has 1 aliphatic heterocycles. The van der Waals surface area contributed by atoms with Crippen LogP contribution in [0.3, 0.4) is 0 Å². The molecule has 1 heterocycles. The molecule has 4 heteroatoms. The standard InChI is InChI=1S/C8H9Br.C7H15BO2/c1-7-3-2-4-8(9)6-5-7;1-6(2)7(3,4)10-8(5)9-6/h3-6H,2H2,1H3;1-5H3. The van der Waals surface area contributed by atoms with Crippen molar-refractivity contribution in [3.8, 4) is 0 Å². The van der Waals surface area contributed by atoms with Gasteiger partial charge in [-0.3, -0.25) is 0 Å². The highest BCUT2D eigenvalue weighted by atomic mass is 79.9. The Labute approximate surface area is 126 Å². The van der Waals surface area contributed by atoms with Gasteiger partial charge in [0.25, 0.3) is 0 Å². The number of rotatable bonds is 0. The van der Waals surface area contributed by atoms with E-state index in [0.717, 1.165) is 6.42 Å². The Hall–Kier alpha value is -0.315. The first-order chi connectivity index (χ1) is 8.64. The molecule has 2 aliphatic rings. The van der Waals surface area contributed by atoms with Crippen LogP contribution in [0.4, 0.5) is 0 Å². The average Bonchev–Trinajstić information content (AvgIpc) is 2.39. The second kappa shape index (κ2) is 6.42. The van der Waals surface area contributed by atoms with Crippen LogP contribution in [-0.4, -0.2) is 18.3 Å². The Morgan fingerprint density at radius 2 is 1.58 bits per heavy atom. The number of halogens is 1. The summed E-state index contributed by atoms with van der Waals surface area (Å²) in [5.74, 6) is 0. The smallest absolute Gasteiger partial charge is 0.403 e. The van der Waals surface area contributed by atoms with Crippen LogP contribution in [0.15, 0.2) is 34.4 Å². The van der Waals surface area contributed by atoms with Crippen LogP contribution in [-0.2, 0) is 9.31 Å². The molecule has 106 valence electrons. The third kappa shape index (κ3) is 4.94. The minimum atomic E-state index is -0.160. The van der Waals surface area contributed by atoms with Crippen LogP contribution >= 0.6 is 15.9 Å². The van der Waals surface area contributed by atoms with Crippen LogP contribution in [0.1, 0.15) is 41.0 Å². The van der Waals surface area contributed by atoms with Crippen LogP contribution in [0.5, 0.6) is 0 Å². The summed E-state index contributed by atoms with van der Waals surface area (Å²) in [6.07, 6.45) is 9.56. The summed E-state index contributed by atoms with van der Waals surface area (Å²) < 4.78 is 12.3. The fourth-order valence-corrected chi connectivity index (χ4v) is 2.16. The van der Waals surface area contributed by atoms with Crippen LogP contribution < -0.4 is 0 Å². The van der Waals surface area contributed by atoms with Crippen molar-refractivity contribution in [2.45, 2.75) is 59.1 Å². The molecule has 2 rings (SSSR count). The highest BCUT2D eigenvalue weighted by Gasteiger charge is 2.48. The molecule has 0 atom stereocenters. The summed E-state index contributed by atoms with van der Waals surface area (Å²) in [6, 6.07) is 0. The minimum Gasteiger partial charge on any atom is -0.403 e. The van der Waals surface area contributed by atoms with Crippen molar-refractivity contribution >= 4 is 23.0 Å². The number of allylic oxidation sites excluding steroid dienone is 6. The lowest BCUT2D eigenvalue weighted by molar-refractivity contribution is 0.00578. The summed E-state index contributed by atoms with van der Waals surface area (Å²) >= 11 is 3.41. The van der Waals surface area contributed by atoms with Crippen molar-refractivity contribution in [3.63, 3.8) is 0 Å². The molecule has 0 bridgehead atoms. The molecule has 19 heavy (non-hydrogen) atoms. The van der Waals surface area contributed by atoms with E-state index in [0.29, 0.717) is 0 Å². The van der Waals surface area contributed by atoms with E-state index in [2.05, 4.69) is 74.9 Å². The molecular formula is C15H24BBrO2. The summed E-state index contributed by atoms with van der Waals surface area (Å²) in [4.78, 5) is 0. The molecule has 0 aromatic rings. The van der Waals surface area contributed by atoms with Gasteiger partial charge < -0.3 is 9.31 Å². The van der Waals surface area contributed by atoms with Gasteiger partial charge in [-0.2, -0.15) is 0 Å². The molecule has 1 aliphatic carbocycles. The van der Waals surface area contributed by atoms with E-state index in [-0.39, 0.29) is 18.3 Å². The summed E-state index contributed by atoms with van der Waals surface area (Å²) in [5, 5.41) is 0. The van der Waals surface area contributed by atoms with E-state index in [9.17, 15) is 0 Å². The van der Waals surface area contributed by atoms with Gasteiger partial charge in [0.15, 0.2) is 0 Å². The van der Waals surface area contributed by atoms with Gasteiger partial charge in [0.2, 0.25) is 0 Å². The van der Waals surface area contributed by atoms with Crippen molar-refractivity contribution in [1.82, 2.24) is 0 Å². The van der Waals surface area contributed by atoms with Gasteiger partial charge in [0.1, 0.15) is 0 Å². The molecule has 0 saturated carbocycles. The highest BCUT2D eigenvalue weighted by Crippen LogP contribution is 2.36. The van der Waals surface area contributed by atoms with Crippen LogP contribution in [0.2, 0.25) is 6.82 Å². The molecule has 0 radical (unpaired) electrons. The SMILES string of the molecule is CB1OC(C)(C)C(C)(C)O1.CC1=CCC=C(Br)C=C1. The molecule has 0 aromatic carbocycles. The van der Waals surface area contributed by atoms with E-state index >= 15 is 0 Å². The molecule has 1 saturated heterocycles. The monoisotopic (exact) mass is 326 g/mol. The third-order valence-electron chi connectivity index (χ3n) is 3.63. The fraction of sp³-hybridized carbons (Fsp3) is 0.600. The van der Waals surface area contributed by atoms with Crippen molar-refractivity contribution in [3.05, 3.63) is 34.4 Å². The number of hydrogen-bond acceptors (Lipinski definition) is 2. The Kier molecular flexibility index (Phi) is 5.66. The Balaban J connectivity index is 0.000000191. The quantitative estimate of drug-likeness (QED) is 0.591. The Morgan fingerprint density at radius 3 is 2.00 bits per heavy atom. The van der Waals surface area contributed by atoms with E-state index < -0.39 is 0 Å². The average molecular weight is 327 g/mol. The fourth-order valence-electron chi connectivity index (χ4n) is 1.84. The zero-order chi connectivity index (χ0) is 14.7. The van der Waals surface area contributed by atoms with Gasteiger partial charge in [0.05, 0.1) is 11.2 Å². The summed E-state index contributed by atoms with van der Waals surface area (Å²) in [5.41, 5.74) is 1.01. The highest BCUT2D eigenvalue weighted by molar-refractivity contribution is 9.11. The minimum absolute atomic E-state index is 0.0648. The second-order valence-electron chi connectivity index (χ2n) is 5.93. The normalized spacial score (nSPS) is 24.1. The first-order valence-corrected chi connectivity index (χ1v) is 7.49. The zero-order valence-corrected chi connectivity index (χ0v) is 14.4. The van der Waals surface area contributed by atoms with Gasteiger partial charge in [-0.05, 0) is 53.9 Å². The maximum atomic E-state index is 5.54. The van der Waals surface area contributed by atoms with Crippen molar-refractivity contribution < 1.29 is 9.31 Å². The molecule has 0 spiro atoms. The topological polar surface area (TPSA) is 18.5 Å². The van der Waals surface area contributed by atoms with Gasteiger partial charge in [-0.25, -0.2) is 0 Å². The van der Waals surface area contributed by atoms with E-state index in [1.165, 1.54) is 10.1 Å². The third-order valence-corrected chi connectivity index (χ3v) is 4.22.